The van der Waals surface area contributed by atoms with Gasteiger partial charge in [-0.3, -0.25) is 19.4 Å². The molecule has 0 aromatic heterocycles. The van der Waals surface area contributed by atoms with Gasteiger partial charge in [0.25, 0.3) is 5.91 Å². The van der Waals surface area contributed by atoms with Gasteiger partial charge in [0.1, 0.15) is 6.04 Å². The number of hydrogen-bond acceptors (Lipinski definition) is 4. The molecule has 2 saturated heterocycles. The summed E-state index contributed by atoms with van der Waals surface area (Å²) in [5.41, 5.74) is 5.96. The Kier molecular flexibility index (Phi) is 5.63. The van der Waals surface area contributed by atoms with Crippen LogP contribution in [-0.2, 0) is 22.5 Å². The first-order chi connectivity index (χ1) is 17.1. The molecule has 3 heterocycles. The maximum Gasteiger partial charge on any atom is 0.259 e. The summed E-state index contributed by atoms with van der Waals surface area (Å²) in [4.78, 5) is 30.2. The fourth-order valence-corrected chi connectivity index (χ4v) is 5.54. The van der Waals surface area contributed by atoms with E-state index in [1.807, 2.05) is 18.2 Å². The van der Waals surface area contributed by atoms with Gasteiger partial charge in [0.2, 0.25) is 5.91 Å². The SMILES string of the molecule is C=C1CC[C@H](N2C(=O)c3cccc4c(Cc5ccc(CN6CCOCC6)cc5)ccc2c34)C(=O)N1. The maximum absolute atomic E-state index is 13.4. The molecule has 6 nitrogen and oxygen atoms in total. The van der Waals surface area contributed by atoms with Crippen molar-refractivity contribution in [1.29, 1.82) is 0 Å². The monoisotopic (exact) mass is 467 g/mol. The Bertz CT molecular complexity index is 1330. The Hall–Kier alpha value is -3.48. The number of piperidine rings is 1. The fourth-order valence-electron chi connectivity index (χ4n) is 5.54. The lowest BCUT2D eigenvalue weighted by Crippen LogP contribution is -2.51. The first-order valence-electron chi connectivity index (χ1n) is 12.3. The van der Waals surface area contributed by atoms with E-state index >= 15 is 0 Å². The van der Waals surface area contributed by atoms with Crippen molar-refractivity contribution < 1.29 is 14.3 Å². The van der Waals surface area contributed by atoms with Gasteiger partial charge in [0.15, 0.2) is 0 Å². The number of amides is 2. The number of hydrogen-bond donors (Lipinski definition) is 1. The molecule has 3 aliphatic heterocycles. The molecule has 3 aromatic carbocycles. The van der Waals surface area contributed by atoms with Gasteiger partial charge < -0.3 is 10.1 Å². The third kappa shape index (κ3) is 4.03. The summed E-state index contributed by atoms with van der Waals surface area (Å²) in [5, 5.41) is 4.86. The first-order valence-corrected chi connectivity index (χ1v) is 12.3. The maximum atomic E-state index is 13.4. The molecule has 3 aliphatic rings. The van der Waals surface area contributed by atoms with Gasteiger partial charge >= 0.3 is 0 Å². The number of anilines is 1. The Morgan fingerprint density at radius 1 is 0.971 bits per heavy atom. The second-order valence-electron chi connectivity index (χ2n) is 9.68. The lowest BCUT2D eigenvalue weighted by Gasteiger charge is -2.31. The average molecular weight is 468 g/mol. The molecule has 0 saturated carbocycles. The number of carbonyl (C=O) groups is 2. The van der Waals surface area contributed by atoms with Crippen LogP contribution in [0.1, 0.15) is 39.9 Å². The lowest BCUT2D eigenvalue weighted by molar-refractivity contribution is -0.122. The number of rotatable bonds is 5. The zero-order chi connectivity index (χ0) is 23.9. The van der Waals surface area contributed by atoms with Crippen molar-refractivity contribution >= 4 is 28.3 Å². The van der Waals surface area contributed by atoms with E-state index in [2.05, 4.69) is 53.2 Å². The van der Waals surface area contributed by atoms with E-state index in [0.717, 1.165) is 55.7 Å². The van der Waals surface area contributed by atoms with Gasteiger partial charge in [-0.2, -0.15) is 0 Å². The second kappa shape index (κ2) is 8.95. The molecule has 6 heteroatoms. The summed E-state index contributed by atoms with van der Waals surface area (Å²) in [6, 6.07) is 18.4. The molecular formula is C29H29N3O3. The number of nitrogens with one attached hydrogen (secondary N) is 1. The Morgan fingerprint density at radius 2 is 1.74 bits per heavy atom. The van der Waals surface area contributed by atoms with Crippen LogP contribution in [0, 0.1) is 0 Å². The van der Waals surface area contributed by atoms with Crippen LogP contribution in [0.2, 0.25) is 0 Å². The second-order valence-corrected chi connectivity index (χ2v) is 9.68. The third-order valence-electron chi connectivity index (χ3n) is 7.38. The lowest BCUT2D eigenvalue weighted by atomic mass is 9.95. The molecule has 2 amide bonds. The van der Waals surface area contributed by atoms with Crippen LogP contribution in [0.15, 0.2) is 66.9 Å². The van der Waals surface area contributed by atoms with Crippen molar-refractivity contribution in [2.45, 2.75) is 31.8 Å². The number of morpholine rings is 1. The van der Waals surface area contributed by atoms with Crippen molar-refractivity contribution in [1.82, 2.24) is 10.2 Å². The van der Waals surface area contributed by atoms with E-state index in [0.29, 0.717) is 24.1 Å². The van der Waals surface area contributed by atoms with E-state index in [1.54, 1.807) is 4.90 Å². The predicted octanol–water partition coefficient (Wildman–Crippen LogP) is 4.02. The zero-order valence-electron chi connectivity index (χ0n) is 19.8. The van der Waals surface area contributed by atoms with E-state index in [4.69, 9.17) is 4.74 Å². The average Bonchev–Trinajstić information content (AvgIpc) is 3.15. The highest BCUT2D eigenvalue weighted by molar-refractivity contribution is 6.27. The molecule has 0 bridgehead atoms. The van der Waals surface area contributed by atoms with Gasteiger partial charge in [-0.25, -0.2) is 0 Å². The minimum Gasteiger partial charge on any atom is -0.379 e. The van der Waals surface area contributed by atoms with Crippen molar-refractivity contribution in [2.75, 3.05) is 31.2 Å². The summed E-state index contributed by atoms with van der Waals surface area (Å²) in [5.74, 6) is -0.250. The van der Waals surface area contributed by atoms with Crippen molar-refractivity contribution in [2.24, 2.45) is 0 Å². The summed E-state index contributed by atoms with van der Waals surface area (Å²) in [7, 11) is 0. The highest BCUT2D eigenvalue weighted by Gasteiger charge is 2.39. The standard InChI is InChI=1S/C29H29N3O3/c1-19-5-11-26(28(33)30-19)32-25-12-10-22(23-3-2-4-24(27(23)25)29(32)34)17-20-6-8-21(9-7-20)18-31-13-15-35-16-14-31/h2-4,6-10,12,26H,1,5,11,13-18H2,(H,30,33)/t26-/m0/s1. The largest absolute Gasteiger partial charge is 0.379 e. The van der Waals surface area contributed by atoms with E-state index in [9.17, 15) is 9.59 Å². The normalized spacial score (nSPS) is 20.5. The van der Waals surface area contributed by atoms with Crippen LogP contribution in [0.5, 0.6) is 0 Å². The molecule has 35 heavy (non-hydrogen) atoms. The zero-order valence-corrected chi connectivity index (χ0v) is 19.8. The molecule has 3 aromatic rings. The molecule has 1 atom stereocenters. The van der Waals surface area contributed by atoms with Crippen LogP contribution in [0.3, 0.4) is 0 Å². The number of nitrogens with zero attached hydrogens (tertiary/aromatic N) is 2. The van der Waals surface area contributed by atoms with Crippen LogP contribution in [-0.4, -0.2) is 49.1 Å². The highest BCUT2D eigenvalue weighted by Crippen LogP contribution is 2.41. The van der Waals surface area contributed by atoms with Gasteiger partial charge in [-0.05, 0) is 53.5 Å². The number of carbonyl (C=O) groups excluding carboxylic acids is 2. The van der Waals surface area contributed by atoms with Crippen molar-refractivity contribution in [3.63, 3.8) is 0 Å². The molecule has 0 aliphatic carbocycles. The van der Waals surface area contributed by atoms with Crippen molar-refractivity contribution in [3.05, 3.63) is 89.1 Å². The summed E-state index contributed by atoms with van der Waals surface area (Å²) >= 11 is 0. The van der Waals surface area contributed by atoms with Gasteiger partial charge in [0.05, 0.1) is 18.9 Å². The quantitative estimate of drug-likeness (QED) is 0.616. The first kappa shape index (κ1) is 22.0. The van der Waals surface area contributed by atoms with Crippen LogP contribution >= 0.6 is 0 Å². The van der Waals surface area contributed by atoms with Gasteiger partial charge in [0, 0.05) is 36.3 Å². The molecule has 0 unspecified atom stereocenters. The van der Waals surface area contributed by atoms with E-state index < -0.39 is 6.04 Å². The number of benzene rings is 3. The minimum absolute atomic E-state index is 0.0946. The Labute approximate surface area is 205 Å². The molecule has 0 spiro atoms. The fraction of sp³-hybridized carbons (Fsp3) is 0.310. The Balaban J connectivity index is 1.27. The van der Waals surface area contributed by atoms with Gasteiger partial charge in [-0.1, -0.05) is 49.0 Å². The molecular weight excluding hydrogens is 438 g/mol. The minimum atomic E-state index is -0.506. The molecule has 1 N–H and O–H groups in total. The molecule has 2 fully saturated rings. The molecule has 0 radical (unpaired) electrons. The number of ether oxygens (including phenoxy) is 1. The summed E-state index contributed by atoms with van der Waals surface area (Å²) in [6.45, 7) is 8.40. The molecule has 6 rings (SSSR count). The smallest absolute Gasteiger partial charge is 0.259 e. The van der Waals surface area contributed by atoms with Crippen LogP contribution in [0.25, 0.3) is 10.8 Å². The van der Waals surface area contributed by atoms with Crippen molar-refractivity contribution in [3.8, 4) is 0 Å². The number of allylic oxidation sites excluding steroid dienone is 1. The molecule has 178 valence electrons. The van der Waals surface area contributed by atoms with E-state index in [-0.39, 0.29) is 11.8 Å². The highest BCUT2D eigenvalue weighted by atomic mass is 16.5. The predicted molar refractivity (Wildman–Crippen MR) is 136 cm³/mol. The summed E-state index contributed by atoms with van der Waals surface area (Å²) < 4.78 is 5.45. The summed E-state index contributed by atoms with van der Waals surface area (Å²) in [6.07, 6.45) is 2.06. The van der Waals surface area contributed by atoms with Crippen LogP contribution in [0.4, 0.5) is 5.69 Å². The van der Waals surface area contributed by atoms with Crippen LogP contribution < -0.4 is 10.2 Å². The van der Waals surface area contributed by atoms with E-state index in [1.165, 1.54) is 16.7 Å². The third-order valence-corrected chi connectivity index (χ3v) is 7.38. The topological polar surface area (TPSA) is 61.9 Å². The Morgan fingerprint density at radius 3 is 2.51 bits per heavy atom. The van der Waals surface area contributed by atoms with Gasteiger partial charge in [-0.15, -0.1) is 0 Å².